The van der Waals surface area contributed by atoms with Gasteiger partial charge in [-0.05, 0) is 38.1 Å². The molecular formula is C20H19ClN6O2. The Morgan fingerprint density at radius 3 is 2.90 bits per heavy atom. The Hall–Kier alpha value is -3.39. The number of fused-ring (bicyclic) bond motifs is 1. The molecule has 3 aromatic heterocycles. The minimum absolute atomic E-state index is 0.100. The molecule has 0 spiro atoms. The fourth-order valence-corrected chi connectivity index (χ4v) is 3.16. The first-order valence-corrected chi connectivity index (χ1v) is 9.38. The normalized spacial score (nSPS) is 11.2. The van der Waals surface area contributed by atoms with Gasteiger partial charge in [-0.15, -0.1) is 0 Å². The number of rotatable bonds is 5. The number of hydrogen-bond donors (Lipinski definition) is 1. The van der Waals surface area contributed by atoms with Crippen LogP contribution in [0.5, 0.6) is 5.75 Å². The predicted molar refractivity (Wildman–Crippen MR) is 111 cm³/mol. The van der Waals surface area contributed by atoms with Crippen molar-refractivity contribution in [3.8, 4) is 17.0 Å². The van der Waals surface area contributed by atoms with Gasteiger partial charge < -0.3 is 10.1 Å². The molecule has 0 saturated heterocycles. The molecule has 0 aliphatic heterocycles. The van der Waals surface area contributed by atoms with Gasteiger partial charge in [0.05, 0.1) is 19.0 Å². The van der Waals surface area contributed by atoms with Gasteiger partial charge in [0.15, 0.2) is 5.65 Å². The second kappa shape index (κ2) is 7.56. The van der Waals surface area contributed by atoms with Crippen molar-refractivity contribution >= 4 is 28.8 Å². The van der Waals surface area contributed by atoms with E-state index in [2.05, 4.69) is 20.5 Å². The summed E-state index contributed by atoms with van der Waals surface area (Å²) in [4.78, 5) is 17.2. The Labute approximate surface area is 172 Å². The molecule has 0 aliphatic carbocycles. The zero-order valence-corrected chi connectivity index (χ0v) is 16.9. The van der Waals surface area contributed by atoms with Gasteiger partial charge in [-0.3, -0.25) is 9.48 Å². The Morgan fingerprint density at radius 1 is 1.31 bits per heavy atom. The topological polar surface area (TPSA) is 86.3 Å². The lowest BCUT2D eigenvalue weighted by atomic mass is 10.1. The van der Waals surface area contributed by atoms with E-state index in [-0.39, 0.29) is 11.9 Å². The number of benzene rings is 1. The molecule has 1 N–H and O–H groups in total. The van der Waals surface area contributed by atoms with Crippen LogP contribution in [-0.4, -0.2) is 37.4 Å². The number of halogens is 1. The smallest absolute Gasteiger partial charge is 0.261 e. The first kappa shape index (κ1) is 18.9. The van der Waals surface area contributed by atoms with Crippen molar-refractivity contribution < 1.29 is 9.53 Å². The molecule has 3 heterocycles. The summed E-state index contributed by atoms with van der Waals surface area (Å²) in [6.07, 6.45) is 6.63. The van der Waals surface area contributed by atoms with E-state index in [1.807, 2.05) is 13.8 Å². The molecule has 1 aromatic carbocycles. The highest BCUT2D eigenvalue weighted by atomic mass is 35.5. The number of carbonyl (C=O) groups excluding carboxylic acids is 1. The van der Waals surface area contributed by atoms with Crippen molar-refractivity contribution in [2.45, 2.75) is 19.9 Å². The average Bonchev–Trinajstić information content (AvgIpc) is 3.32. The lowest BCUT2D eigenvalue weighted by Crippen LogP contribution is -2.12. The molecule has 4 aromatic rings. The SMILES string of the molecule is COc1ccc(Cl)cc1-c1nn(C(C)C)cc1NC(=O)c1cnn2cccnc12. The van der Waals surface area contributed by atoms with E-state index < -0.39 is 0 Å². The van der Waals surface area contributed by atoms with E-state index in [0.717, 1.165) is 0 Å². The number of nitrogens with one attached hydrogen (secondary N) is 1. The van der Waals surface area contributed by atoms with Crippen LogP contribution in [0.3, 0.4) is 0 Å². The highest BCUT2D eigenvalue weighted by Crippen LogP contribution is 2.36. The molecule has 1 amide bonds. The second-order valence-corrected chi connectivity index (χ2v) is 7.15. The first-order valence-electron chi connectivity index (χ1n) is 9.00. The van der Waals surface area contributed by atoms with Gasteiger partial charge in [-0.25, -0.2) is 9.50 Å². The molecule has 148 valence electrons. The predicted octanol–water partition coefficient (Wildman–Crippen LogP) is 4.09. The molecule has 0 saturated carbocycles. The van der Waals surface area contributed by atoms with E-state index in [9.17, 15) is 4.79 Å². The number of amides is 1. The molecule has 0 bridgehead atoms. The number of aromatic nitrogens is 5. The maximum absolute atomic E-state index is 13.0. The van der Waals surface area contributed by atoms with Crippen molar-refractivity contribution in [2.24, 2.45) is 0 Å². The van der Waals surface area contributed by atoms with Crippen molar-refractivity contribution in [3.05, 3.63) is 59.6 Å². The van der Waals surface area contributed by atoms with E-state index >= 15 is 0 Å². The van der Waals surface area contributed by atoms with E-state index in [0.29, 0.717) is 38.9 Å². The van der Waals surface area contributed by atoms with Gasteiger partial charge in [0.2, 0.25) is 0 Å². The third-order valence-corrected chi connectivity index (χ3v) is 4.68. The molecule has 8 nitrogen and oxygen atoms in total. The maximum atomic E-state index is 13.0. The summed E-state index contributed by atoms with van der Waals surface area (Å²) in [6, 6.07) is 7.12. The molecule has 0 fully saturated rings. The number of ether oxygens (including phenoxy) is 1. The average molecular weight is 411 g/mol. The number of anilines is 1. The Kier molecular flexibility index (Phi) is 4.94. The summed E-state index contributed by atoms with van der Waals surface area (Å²) in [7, 11) is 1.58. The molecule has 0 aliphatic rings. The second-order valence-electron chi connectivity index (χ2n) is 6.71. The highest BCUT2D eigenvalue weighted by molar-refractivity contribution is 6.31. The Morgan fingerprint density at radius 2 is 2.14 bits per heavy atom. The third kappa shape index (κ3) is 3.54. The largest absolute Gasteiger partial charge is 0.496 e. The summed E-state index contributed by atoms with van der Waals surface area (Å²) in [5.74, 6) is 0.279. The number of nitrogens with zero attached hydrogens (tertiary/aromatic N) is 5. The van der Waals surface area contributed by atoms with Crippen LogP contribution in [0.15, 0.2) is 49.1 Å². The van der Waals surface area contributed by atoms with Crippen LogP contribution in [-0.2, 0) is 0 Å². The number of hydrogen-bond acceptors (Lipinski definition) is 5. The van der Waals surface area contributed by atoms with Crippen LogP contribution in [0.4, 0.5) is 5.69 Å². The van der Waals surface area contributed by atoms with Crippen molar-refractivity contribution in [3.63, 3.8) is 0 Å². The molecule has 0 radical (unpaired) electrons. The lowest BCUT2D eigenvalue weighted by Gasteiger charge is -2.09. The highest BCUT2D eigenvalue weighted by Gasteiger charge is 2.21. The molecule has 4 rings (SSSR count). The summed E-state index contributed by atoms with van der Waals surface area (Å²) in [5.41, 5.74) is 2.64. The van der Waals surface area contributed by atoms with Crippen molar-refractivity contribution in [1.82, 2.24) is 24.4 Å². The van der Waals surface area contributed by atoms with Gasteiger partial charge in [-0.2, -0.15) is 10.2 Å². The monoisotopic (exact) mass is 410 g/mol. The van der Waals surface area contributed by atoms with E-state index in [4.69, 9.17) is 16.3 Å². The number of methoxy groups -OCH3 is 1. The van der Waals surface area contributed by atoms with Gasteiger partial charge in [0.25, 0.3) is 5.91 Å². The van der Waals surface area contributed by atoms with Crippen LogP contribution in [0, 0.1) is 0 Å². The Balaban J connectivity index is 1.78. The maximum Gasteiger partial charge on any atom is 0.261 e. The molecule has 9 heteroatoms. The lowest BCUT2D eigenvalue weighted by molar-refractivity contribution is 0.102. The number of carbonyl (C=O) groups is 1. The minimum atomic E-state index is -0.329. The zero-order valence-electron chi connectivity index (χ0n) is 16.1. The van der Waals surface area contributed by atoms with Crippen molar-refractivity contribution in [1.29, 1.82) is 0 Å². The quantitative estimate of drug-likeness (QED) is 0.535. The van der Waals surface area contributed by atoms with Crippen LogP contribution in [0.2, 0.25) is 5.02 Å². The molecule has 0 atom stereocenters. The molecular weight excluding hydrogens is 392 g/mol. The summed E-state index contributed by atoms with van der Waals surface area (Å²) in [5, 5.41) is 12.3. The van der Waals surface area contributed by atoms with E-state index in [1.165, 1.54) is 6.20 Å². The Bertz CT molecular complexity index is 1200. The van der Waals surface area contributed by atoms with Gasteiger partial charge in [-0.1, -0.05) is 11.6 Å². The first-order chi connectivity index (χ1) is 14.0. The fourth-order valence-electron chi connectivity index (χ4n) is 2.99. The summed E-state index contributed by atoms with van der Waals surface area (Å²) < 4.78 is 8.80. The van der Waals surface area contributed by atoms with Gasteiger partial charge >= 0.3 is 0 Å². The summed E-state index contributed by atoms with van der Waals surface area (Å²) in [6.45, 7) is 4.01. The van der Waals surface area contributed by atoms with Gasteiger partial charge in [0.1, 0.15) is 17.0 Å². The zero-order chi connectivity index (χ0) is 20.5. The van der Waals surface area contributed by atoms with E-state index in [1.54, 1.807) is 59.2 Å². The molecule has 0 unspecified atom stereocenters. The standard InChI is InChI=1S/C20H19ClN6O2/c1-12(2)27-11-16(18(25-27)14-9-13(21)5-6-17(14)29-3)24-20(28)15-10-23-26-8-4-7-22-19(15)26/h4-12H,1-3H3,(H,24,28). The third-order valence-electron chi connectivity index (χ3n) is 4.45. The molecule has 29 heavy (non-hydrogen) atoms. The van der Waals surface area contributed by atoms with Crippen LogP contribution >= 0.6 is 11.6 Å². The van der Waals surface area contributed by atoms with Crippen LogP contribution < -0.4 is 10.1 Å². The van der Waals surface area contributed by atoms with Gasteiger partial charge in [0, 0.05) is 35.2 Å². The van der Waals surface area contributed by atoms with Crippen LogP contribution in [0.25, 0.3) is 16.9 Å². The minimum Gasteiger partial charge on any atom is -0.496 e. The van der Waals surface area contributed by atoms with Crippen LogP contribution in [0.1, 0.15) is 30.2 Å². The summed E-state index contributed by atoms with van der Waals surface area (Å²) >= 11 is 6.20. The fraction of sp³-hybridized carbons (Fsp3) is 0.200. The van der Waals surface area contributed by atoms with Crippen molar-refractivity contribution in [2.75, 3.05) is 12.4 Å².